The van der Waals surface area contributed by atoms with Gasteiger partial charge in [0.1, 0.15) is 9.88 Å². The molecule has 0 spiro atoms. The van der Waals surface area contributed by atoms with Crippen molar-refractivity contribution in [1.82, 2.24) is 10.3 Å². The van der Waals surface area contributed by atoms with Gasteiger partial charge in [0.15, 0.2) is 6.10 Å². The second kappa shape index (κ2) is 7.94. The Hall–Kier alpha value is -2.99. The summed E-state index contributed by atoms with van der Waals surface area (Å²) in [6.07, 6.45) is 1.12. The van der Waals surface area contributed by atoms with Crippen LogP contribution in [0.25, 0.3) is 21.8 Å². The third-order valence-corrected chi connectivity index (χ3v) is 5.54. The fourth-order valence-electron chi connectivity index (χ4n) is 2.77. The standard InChI is InChI=1S/C22H20N2O3S/c1-14(20(25)23-17-12-13-17)27-22(26)19-18(15-8-4-2-5-9-15)24-21(28-19)16-10-6-3-7-11-16/h2-11,14,17H,12-13H2,1H3,(H,23,25)/t14-/m0/s1. The van der Waals surface area contributed by atoms with Crippen molar-refractivity contribution in [3.8, 4) is 21.8 Å². The summed E-state index contributed by atoms with van der Waals surface area (Å²) < 4.78 is 5.46. The fourth-order valence-corrected chi connectivity index (χ4v) is 3.74. The van der Waals surface area contributed by atoms with E-state index in [-0.39, 0.29) is 11.9 Å². The van der Waals surface area contributed by atoms with Crippen molar-refractivity contribution in [1.29, 1.82) is 0 Å². The smallest absolute Gasteiger partial charge is 0.351 e. The van der Waals surface area contributed by atoms with Gasteiger partial charge in [0.2, 0.25) is 0 Å². The molecule has 142 valence electrons. The number of nitrogens with zero attached hydrogens (tertiary/aromatic N) is 1. The molecule has 1 N–H and O–H groups in total. The van der Waals surface area contributed by atoms with Gasteiger partial charge in [-0.15, -0.1) is 11.3 Å². The van der Waals surface area contributed by atoms with Gasteiger partial charge in [-0.3, -0.25) is 4.79 Å². The Morgan fingerprint density at radius 3 is 2.25 bits per heavy atom. The van der Waals surface area contributed by atoms with Gasteiger partial charge in [-0.25, -0.2) is 9.78 Å². The Labute approximate surface area is 167 Å². The first-order valence-electron chi connectivity index (χ1n) is 9.25. The molecule has 1 aliphatic rings. The van der Waals surface area contributed by atoms with E-state index in [0.29, 0.717) is 10.6 Å². The van der Waals surface area contributed by atoms with Crippen LogP contribution in [0.3, 0.4) is 0 Å². The zero-order valence-corrected chi connectivity index (χ0v) is 16.2. The zero-order valence-electron chi connectivity index (χ0n) is 15.4. The number of amides is 1. The van der Waals surface area contributed by atoms with Gasteiger partial charge in [-0.05, 0) is 19.8 Å². The van der Waals surface area contributed by atoms with Crippen molar-refractivity contribution in [2.75, 3.05) is 0 Å². The van der Waals surface area contributed by atoms with Crippen molar-refractivity contribution in [2.45, 2.75) is 31.9 Å². The van der Waals surface area contributed by atoms with Crippen molar-refractivity contribution in [2.24, 2.45) is 0 Å². The summed E-state index contributed by atoms with van der Waals surface area (Å²) in [6, 6.07) is 19.5. The molecular formula is C22H20N2O3S. The predicted molar refractivity (Wildman–Crippen MR) is 109 cm³/mol. The lowest BCUT2D eigenvalue weighted by atomic mass is 10.1. The molecule has 0 aliphatic heterocycles. The lowest BCUT2D eigenvalue weighted by Crippen LogP contribution is -2.37. The Balaban J connectivity index is 1.63. The van der Waals surface area contributed by atoms with Crippen LogP contribution in [0.15, 0.2) is 60.7 Å². The molecule has 1 atom stereocenters. The number of benzene rings is 2. The summed E-state index contributed by atoms with van der Waals surface area (Å²) >= 11 is 1.28. The molecule has 5 nitrogen and oxygen atoms in total. The van der Waals surface area contributed by atoms with E-state index >= 15 is 0 Å². The zero-order chi connectivity index (χ0) is 19.5. The molecule has 1 aromatic heterocycles. The topological polar surface area (TPSA) is 68.3 Å². The maximum atomic E-state index is 12.9. The van der Waals surface area contributed by atoms with E-state index in [0.717, 1.165) is 29.0 Å². The molecule has 1 aliphatic carbocycles. The molecular weight excluding hydrogens is 372 g/mol. The Morgan fingerprint density at radius 1 is 1.04 bits per heavy atom. The monoisotopic (exact) mass is 392 g/mol. The molecule has 0 unspecified atom stereocenters. The van der Waals surface area contributed by atoms with Gasteiger partial charge in [0.05, 0.1) is 5.69 Å². The molecule has 1 amide bonds. The predicted octanol–water partition coefficient (Wildman–Crippen LogP) is 4.30. The quantitative estimate of drug-likeness (QED) is 0.635. The summed E-state index contributed by atoms with van der Waals surface area (Å²) in [5.41, 5.74) is 2.34. The SMILES string of the molecule is C[C@H](OC(=O)c1sc(-c2ccccc2)nc1-c1ccccc1)C(=O)NC1CC1. The first-order valence-corrected chi connectivity index (χ1v) is 10.1. The average molecular weight is 392 g/mol. The summed E-state index contributed by atoms with van der Waals surface area (Å²) in [7, 11) is 0. The minimum Gasteiger partial charge on any atom is -0.448 e. The van der Waals surface area contributed by atoms with E-state index in [1.165, 1.54) is 11.3 Å². The van der Waals surface area contributed by atoms with Gasteiger partial charge in [-0.1, -0.05) is 60.7 Å². The van der Waals surface area contributed by atoms with Crippen LogP contribution in [-0.4, -0.2) is 29.0 Å². The number of rotatable bonds is 6. The van der Waals surface area contributed by atoms with E-state index in [1.54, 1.807) is 6.92 Å². The number of esters is 1. The van der Waals surface area contributed by atoms with Crippen LogP contribution in [-0.2, 0) is 9.53 Å². The van der Waals surface area contributed by atoms with Crippen molar-refractivity contribution < 1.29 is 14.3 Å². The largest absolute Gasteiger partial charge is 0.448 e. The molecule has 0 bridgehead atoms. The third-order valence-electron chi connectivity index (χ3n) is 4.46. The van der Waals surface area contributed by atoms with Gasteiger partial charge >= 0.3 is 5.97 Å². The molecule has 28 heavy (non-hydrogen) atoms. The lowest BCUT2D eigenvalue weighted by Gasteiger charge is -2.13. The summed E-state index contributed by atoms with van der Waals surface area (Å²) in [6.45, 7) is 1.59. The van der Waals surface area contributed by atoms with Gasteiger partial charge in [0.25, 0.3) is 5.91 Å². The van der Waals surface area contributed by atoms with E-state index in [2.05, 4.69) is 5.32 Å². The summed E-state index contributed by atoms with van der Waals surface area (Å²) in [4.78, 5) is 30.1. The van der Waals surface area contributed by atoms with E-state index in [1.807, 2.05) is 60.7 Å². The first-order chi connectivity index (χ1) is 13.6. The second-order valence-corrected chi connectivity index (χ2v) is 7.76. The maximum Gasteiger partial charge on any atom is 0.351 e. The van der Waals surface area contributed by atoms with Crippen LogP contribution in [0.4, 0.5) is 0 Å². The van der Waals surface area contributed by atoms with Crippen molar-refractivity contribution in [3.63, 3.8) is 0 Å². The number of ether oxygens (including phenoxy) is 1. The molecule has 1 saturated carbocycles. The molecule has 2 aromatic carbocycles. The minimum absolute atomic E-state index is 0.224. The van der Waals surface area contributed by atoms with Crippen LogP contribution in [0.1, 0.15) is 29.4 Å². The Kier molecular flexibility index (Phi) is 5.21. The van der Waals surface area contributed by atoms with Gasteiger partial charge < -0.3 is 10.1 Å². The van der Waals surface area contributed by atoms with Crippen LogP contribution in [0.5, 0.6) is 0 Å². The number of carbonyl (C=O) groups is 2. The molecule has 1 heterocycles. The second-order valence-electron chi connectivity index (χ2n) is 6.76. The molecule has 4 rings (SSSR count). The molecule has 3 aromatic rings. The highest BCUT2D eigenvalue weighted by molar-refractivity contribution is 7.17. The first kappa shape index (κ1) is 18.4. The van der Waals surface area contributed by atoms with Crippen molar-refractivity contribution in [3.05, 3.63) is 65.5 Å². The van der Waals surface area contributed by atoms with E-state index in [4.69, 9.17) is 9.72 Å². The highest BCUT2D eigenvalue weighted by Gasteiger charge is 2.29. The molecule has 6 heteroatoms. The highest BCUT2D eigenvalue weighted by Crippen LogP contribution is 2.34. The fraction of sp³-hybridized carbons (Fsp3) is 0.227. The van der Waals surface area contributed by atoms with Crippen molar-refractivity contribution >= 4 is 23.2 Å². The number of hydrogen-bond acceptors (Lipinski definition) is 5. The average Bonchev–Trinajstić information content (AvgIpc) is 3.42. The lowest BCUT2D eigenvalue weighted by molar-refractivity contribution is -0.129. The van der Waals surface area contributed by atoms with Gasteiger partial charge in [-0.2, -0.15) is 0 Å². The molecule has 0 saturated heterocycles. The van der Waals surface area contributed by atoms with E-state index < -0.39 is 12.1 Å². The number of hydrogen-bond donors (Lipinski definition) is 1. The molecule has 1 fully saturated rings. The van der Waals surface area contributed by atoms with E-state index in [9.17, 15) is 9.59 Å². The van der Waals surface area contributed by atoms with Crippen LogP contribution in [0, 0.1) is 0 Å². The Morgan fingerprint density at radius 2 is 1.64 bits per heavy atom. The molecule has 0 radical (unpaired) electrons. The normalized spacial score (nSPS) is 14.3. The van der Waals surface area contributed by atoms with Crippen LogP contribution < -0.4 is 5.32 Å². The third kappa shape index (κ3) is 4.12. The number of aromatic nitrogens is 1. The number of nitrogens with one attached hydrogen (secondary N) is 1. The summed E-state index contributed by atoms with van der Waals surface area (Å²) in [5.74, 6) is -0.790. The maximum absolute atomic E-state index is 12.9. The minimum atomic E-state index is -0.848. The van der Waals surface area contributed by atoms with Crippen LogP contribution >= 0.6 is 11.3 Å². The van der Waals surface area contributed by atoms with Gasteiger partial charge in [0, 0.05) is 17.2 Å². The number of thiazole rings is 1. The van der Waals surface area contributed by atoms with Crippen LogP contribution in [0.2, 0.25) is 0 Å². The summed E-state index contributed by atoms with van der Waals surface area (Å²) in [5, 5.41) is 3.60. The Bertz CT molecular complexity index is 982. The number of carbonyl (C=O) groups excluding carboxylic acids is 2. The highest BCUT2D eigenvalue weighted by atomic mass is 32.1.